The molecule has 1 aromatic carbocycles. The summed E-state index contributed by atoms with van der Waals surface area (Å²) in [5.41, 5.74) is 7.33. The van der Waals surface area contributed by atoms with Gasteiger partial charge in [-0.1, -0.05) is 17.3 Å². The van der Waals surface area contributed by atoms with E-state index in [0.717, 1.165) is 15.8 Å². The molecule has 19 heavy (non-hydrogen) atoms. The van der Waals surface area contributed by atoms with Crippen LogP contribution in [0.5, 0.6) is 5.75 Å². The number of nitrogens with zero attached hydrogens (tertiary/aromatic N) is 1. The lowest BCUT2D eigenvalue weighted by Crippen LogP contribution is -2.03. The third-order valence-electron chi connectivity index (χ3n) is 2.53. The van der Waals surface area contributed by atoms with Gasteiger partial charge < -0.3 is 19.7 Å². The van der Waals surface area contributed by atoms with Crippen LogP contribution in [0.25, 0.3) is 0 Å². The van der Waals surface area contributed by atoms with E-state index in [4.69, 9.17) is 19.7 Å². The van der Waals surface area contributed by atoms with Gasteiger partial charge in [-0.3, -0.25) is 0 Å². The van der Waals surface area contributed by atoms with E-state index < -0.39 is 0 Å². The Morgan fingerprint density at radius 2 is 2.21 bits per heavy atom. The van der Waals surface area contributed by atoms with Gasteiger partial charge in [-0.25, -0.2) is 0 Å². The summed E-state index contributed by atoms with van der Waals surface area (Å²) in [7, 11) is 1.60. The Labute approximate surface area is 119 Å². The second-order valence-electron chi connectivity index (χ2n) is 3.94. The van der Waals surface area contributed by atoms with Gasteiger partial charge in [0.2, 0.25) is 0 Å². The third-order valence-corrected chi connectivity index (χ3v) is 3.15. The molecule has 0 atom stereocenters. The standard InChI is InChI=1S/C13H15BrN2O3/c1-17-8-11-5-10(16-19-11)7-18-13-9(6-15)3-2-4-12(13)14/h2-5H,6-8,15H2,1H3. The van der Waals surface area contributed by atoms with E-state index in [1.54, 1.807) is 7.11 Å². The Balaban J connectivity index is 2.05. The van der Waals surface area contributed by atoms with E-state index in [2.05, 4.69) is 21.1 Å². The molecule has 1 aromatic heterocycles. The molecule has 0 spiro atoms. The van der Waals surface area contributed by atoms with Gasteiger partial charge in [-0.2, -0.15) is 0 Å². The fourth-order valence-corrected chi connectivity index (χ4v) is 2.18. The number of halogens is 1. The topological polar surface area (TPSA) is 70.5 Å². The minimum Gasteiger partial charge on any atom is -0.486 e. The molecule has 0 aliphatic heterocycles. The van der Waals surface area contributed by atoms with Gasteiger partial charge in [0.1, 0.15) is 24.7 Å². The predicted octanol–water partition coefficient (Wildman–Crippen LogP) is 2.62. The van der Waals surface area contributed by atoms with E-state index in [1.165, 1.54) is 0 Å². The normalized spacial score (nSPS) is 10.7. The summed E-state index contributed by atoms with van der Waals surface area (Å²) in [5, 5.41) is 3.91. The molecular formula is C13H15BrN2O3. The Hall–Kier alpha value is -1.37. The lowest BCUT2D eigenvalue weighted by atomic mass is 10.2. The van der Waals surface area contributed by atoms with Crippen LogP contribution in [0.1, 0.15) is 17.0 Å². The zero-order chi connectivity index (χ0) is 13.7. The van der Waals surface area contributed by atoms with Gasteiger partial charge in [0.15, 0.2) is 5.76 Å². The number of nitrogens with two attached hydrogens (primary N) is 1. The summed E-state index contributed by atoms with van der Waals surface area (Å²) in [6.07, 6.45) is 0. The molecule has 0 bridgehead atoms. The summed E-state index contributed by atoms with van der Waals surface area (Å²) in [6.45, 7) is 1.14. The van der Waals surface area contributed by atoms with Crippen LogP contribution in [-0.4, -0.2) is 12.3 Å². The number of ether oxygens (including phenoxy) is 2. The molecule has 5 nitrogen and oxygen atoms in total. The zero-order valence-electron chi connectivity index (χ0n) is 10.6. The fourth-order valence-electron chi connectivity index (χ4n) is 1.66. The van der Waals surface area contributed by atoms with Crippen molar-refractivity contribution in [1.29, 1.82) is 0 Å². The lowest BCUT2D eigenvalue weighted by Gasteiger charge is -2.10. The second-order valence-corrected chi connectivity index (χ2v) is 4.79. The first kappa shape index (κ1) is 14.0. The molecule has 6 heteroatoms. The SMILES string of the molecule is COCc1cc(COc2c(Br)cccc2CN)no1. The van der Waals surface area contributed by atoms with Crippen LogP contribution in [0.2, 0.25) is 0 Å². The van der Waals surface area contributed by atoms with E-state index in [1.807, 2.05) is 24.3 Å². The number of benzene rings is 1. The summed E-state index contributed by atoms with van der Waals surface area (Å²) in [6, 6.07) is 7.57. The number of para-hydroxylation sites is 1. The first-order valence-corrected chi connectivity index (χ1v) is 6.57. The Morgan fingerprint density at radius 1 is 1.37 bits per heavy atom. The molecule has 0 fully saturated rings. The molecule has 0 unspecified atom stereocenters. The van der Waals surface area contributed by atoms with Crippen molar-refractivity contribution in [3.8, 4) is 5.75 Å². The van der Waals surface area contributed by atoms with Crippen LogP contribution in [0.4, 0.5) is 0 Å². The van der Waals surface area contributed by atoms with Crippen molar-refractivity contribution in [2.24, 2.45) is 5.73 Å². The van der Waals surface area contributed by atoms with Crippen molar-refractivity contribution in [1.82, 2.24) is 5.16 Å². The van der Waals surface area contributed by atoms with Crippen molar-refractivity contribution in [3.05, 3.63) is 45.8 Å². The molecule has 2 N–H and O–H groups in total. The average Bonchev–Trinajstić information content (AvgIpc) is 2.85. The maximum atomic E-state index is 5.75. The highest BCUT2D eigenvalue weighted by Gasteiger charge is 2.09. The molecule has 1 heterocycles. The Bertz CT molecular complexity index is 542. The monoisotopic (exact) mass is 326 g/mol. The summed E-state index contributed by atoms with van der Waals surface area (Å²) in [5.74, 6) is 1.41. The maximum Gasteiger partial charge on any atom is 0.162 e. The highest BCUT2D eigenvalue weighted by atomic mass is 79.9. The van der Waals surface area contributed by atoms with E-state index in [9.17, 15) is 0 Å². The number of hydrogen-bond donors (Lipinski definition) is 1. The van der Waals surface area contributed by atoms with Gasteiger partial charge in [-0.05, 0) is 22.0 Å². The molecular weight excluding hydrogens is 312 g/mol. The van der Waals surface area contributed by atoms with Gasteiger partial charge in [0.25, 0.3) is 0 Å². The molecule has 0 radical (unpaired) electrons. The fraction of sp³-hybridized carbons (Fsp3) is 0.308. The molecule has 0 saturated carbocycles. The highest BCUT2D eigenvalue weighted by Crippen LogP contribution is 2.29. The van der Waals surface area contributed by atoms with Crippen molar-refractivity contribution in [2.75, 3.05) is 7.11 Å². The minimum absolute atomic E-state index is 0.322. The van der Waals surface area contributed by atoms with Crippen LogP contribution in [0, 0.1) is 0 Å². The van der Waals surface area contributed by atoms with Gasteiger partial charge in [0.05, 0.1) is 4.47 Å². The third kappa shape index (κ3) is 3.56. The van der Waals surface area contributed by atoms with Crippen LogP contribution < -0.4 is 10.5 Å². The van der Waals surface area contributed by atoms with E-state index >= 15 is 0 Å². The molecule has 0 saturated heterocycles. The lowest BCUT2D eigenvalue weighted by molar-refractivity contribution is 0.155. The first-order chi connectivity index (χ1) is 9.24. The predicted molar refractivity (Wildman–Crippen MR) is 73.6 cm³/mol. The van der Waals surface area contributed by atoms with Crippen molar-refractivity contribution < 1.29 is 14.0 Å². The number of methoxy groups -OCH3 is 1. The van der Waals surface area contributed by atoms with Crippen molar-refractivity contribution in [3.63, 3.8) is 0 Å². The average molecular weight is 327 g/mol. The molecule has 0 aliphatic rings. The molecule has 102 valence electrons. The largest absolute Gasteiger partial charge is 0.486 e. The quantitative estimate of drug-likeness (QED) is 0.883. The molecule has 2 aromatic rings. The second kappa shape index (κ2) is 6.70. The van der Waals surface area contributed by atoms with Gasteiger partial charge in [0, 0.05) is 25.3 Å². The number of hydrogen-bond acceptors (Lipinski definition) is 5. The highest BCUT2D eigenvalue weighted by molar-refractivity contribution is 9.10. The number of rotatable bonds is 6. The number of aromatic nitrogens is 1. The Kier molecular flexibility index (Phi) is 4.95. The molecule has 0 aliphatic carbocycles. The minimum atomic E-state index is 0.322. The maximum absolute atomic E-state index is 5.75. The summed E-state index contributed by atoms with van der Waals surface area (Å²) < 4.78 is 16.7. The van der Waals surface area contributed by atoms with E-state index in [-0.39, 0.29) is 0 Å². The zero-order valence-corrected chi connectivity index (χ0v) is 12.1. The summed E-state index contributed by atoms with van der Waals surface area (Å²) in [4.78, 5) is 0. The van der Waals surface area contributed by atoms with Crippen LogP contribution in [0.15, 0.2) is 33.3 Å². The van der Waals surface area contributed by atoms with Crippen molar-refractivity contribution in [2.45, 2.75) is 19.8 Å². The molecule has 2 rings (SSSR count). The Morgan fingerprint density at radius 3 is 2.95 bits per heavy atom. The van der Waals surface area contributed by atoms with Crippen molar-refractivity contribution >= 4 is 15.9 Å². The van der Waals surface area contributed by atoms with Crippen LogP contribution >= 0.6 is 15.9 Å². The molecule has 0 amide bonds. The first-order valence-electron chi connectivity index (χ1n) is 5.78. The smallest absolute Gasteiger partial charge is 0.162 e. The summed E-state index contributed by atoms with van der Waals surface area (Å²) >= 11 is 3.45. The van der Waals surface area contributed by atoms with Gasteiger partial charge in [-0.15, -0.1) is 0 Å². The van der Waals surface area contributed by atoms with Crippen LogP contribution in [-0.2, 0) is 24.5 Å². The van der Waals surface area contributed by atoms with Crippen LogP contribution in [0.3, 0.4) is 0 Å². The van der Waals surface area contributed by atoms with Gasteiger partial charge >= 0.3 is 0 Å². The van der Waals surface area contributed by atoms with E-state index in [0.29, 0.717) is 31.2 Å².